The number of aliphatic hydroxyl groups is 1. The van der Waals surface area contributed by atoms with Crippen molar-refractivity contribution in [2.24, 2.45) is 11.8 Å². The number of hydrogen-bond acceptors (Lipinski definition) is 3. The minimum atomic E-state index is -0.184. The predicted octanol–water partition coefficient (Wildman–Crippen LogP) is 2.73. The number of amides is 2. The number of urea groups is 1. The fourth-order valence-electron chi connectivity index (χ4n) is 3.76. The lowest BCUT2D eigenvalue weighted by Crippen LogP contribution is -2.41. The zero-order valence-electron chi connectivity index (χ0n) is 15.8. The second-order valence-corrected chi connectivity index (χ2v) is 7.65. The Balaban J connectivity index is 1.90. The minimum absolute atomic E-state index is 0.0310. The summed E-state index contributed by atoms with van der Waals surface area (Å²) in [5.74, 6) is 1.49. The highest BCUT2D eigenvalue weighted by molar-refractivity contribution is 5.74. The highest BCUT2D eigenvalue weighted by Gasteiger charge is 2.22. The molecule has 5 heteroatoms. The van der Waals surface area contributed by atoms with Crippen LogP contribution in [0.1, 0.15) is 44.7 Å². The first kappa shape index (κ1) is 19.7. The van der Waals surface area contributed by atoms with Gasteiger partial charge in [-0.05, 0) is 42.7 Å². The van der Waals surface area contributed by atoms with E-state index in [0.717, 1.165) is 31.5 Å². The van der Waals surface area contributed by atoms with Crippen molar-refractivity contribution in [2.45, 2.75) is 52.7 Å². The van der Waals surface area contributed by atoms with E-state index in [9.17, 15) is 4.79 Å². The van der Waals surface area contributed by atoms with Crippen LogP contribution in [-0.4, -0.2) is 41.8 Å². The fourth-order valence-corrected chi connectivity index (χ4v) is 3.76. The van der Waals surface area contributed by atoms with Gasteiger partial charge in [-0.3, -0.25) is 4.90 Å². The first-order valence-corrected chi connectivity index (χ1v) is 9.42. The average molecular weight is 348 g/mol. The maximum absolute atomic E-state index is 12.0. The van der Waals surface area contributed by atoms with Gasteiger partial charge >= 0.3 is 6.03 Å². The van der Waals surface area contributed by atoms with Crippen LogP contribution in [0.2, 0.25) is 0 Å². The Hall–Kier alpha value is -1.59. The van der Waals surface area contributed by atoms with Crippen LogP contribution in [0.3, 0.4) is 0 Å². The SMILES string of the molecule is CC1CC(C)CN(Cc2ccccc2CNC(=O)N[C@H](C)CCO)C1. The van der Waals surface area contributed by atoms with Crippen LogP contribution in [-0.2, 0) is 13.1 Å². The molecule has 0 aromatic heterocycles. The molecule has 0 radical (unpaired) electrons. The summed E-state index contributed by atoms with van der Waals surface area (Å²) in [5, 5.41) is 14.7. The molecule has 5 nitrogen and oxygen atoms in total. The van der Waals surface area contributed by atoms with Crippen LogP contribution in [0, 0.1) is 11.8 Å². The van der Waals surface area contributed by atoms with Crippen molar-refractivity contribution in [1.29, 1.82) is 0 Å². The standard InChI is InChI=1S/C20H33N3O2/c1-15-10-16(2)13-23(12-15)14-19-7-5-4-6-18(19)11-21-20(25)22-17(3)8-9-24/h4-7,15-17,24H,8-14H2,1-3H3,(H2,21,22,25)/t15?,16?,17-/m1/s1. The lowest BCUT2D eigenvalue weighted by molar-refractivity contribution is 0.134. The predicted molar refractivity (Wildman–Crippen MR) is 101 cm³/mol. The Morgan fingerprint density at radius 3 is 2.52 bits per heavy atom. The minimum Gasteiger partial charge on any atom is -0.396 e. The summed E-state index contributed by atoms with van der Waals surface area (Å²) < 4.78 is 0. The second kappa shape index (κ2) is 9.78. The summed E-state index contributed by atoms with van der Waals surface area (Å²) >= 11 is 0. The molecule has 3 atom stereocenters. The molecule has 0 saturated carbocycles. The molecule has 1 aromatic rings. The summed E-state index contributed by atoms with van der Waals surface area (Å²) in [6.45, 7) is 10.4. The number of carbonyl (C=O) groups is 1. The molecular formula is C20H33N3O2. The van der Waals surface area contributed by atoms with E-state index < -0.39 is 0 Å². The van der Waals surface area contributed by atoms with Crippen LogP contribution in [0.15, 0.2) is 24.3 Å². The number of benzene rings is 1. The first-order valence-electron chi connectivity index (χ1n) is 9.42. The number of nitrogens with zero attached hydrogens (tertiary/aromatic N) is 1. The summed E-state index contributed by atoms with van der Waals surface area (Å²) in [7, 11) is 0. The van der Waals surface area contributed by atoms with Crippen molar-refractivity contribution in [3.8, 4) is 0 Å². The maximum atomic E-state index is 12.0. The molecule has 1 aliphatic rings. The summed E-state index contributed by atoms with van der Waals surface area (Å²) in [5.41, 5.74) is 2.45. The quantitative estimate of drug-likeness (QED) is 0.711. The van der Waals surface area contributed by atoms with Crippen molar-refractivity contribution in [3.05, 3.63) is 35.4 Å². The highest BCUT2D eigenvalue weighted by atomic mass is 16.3. The Morgan fingerprint density at radius 2 is 1.88 bits per heavy atom. The smallest absolute Gasteiger partial charge is 0.315 e. The second-order valence-electron chi connectivity index (χ2n) is 7.65. The van der Waals surface area contributed by atoms with Gasteiger partial charge in [-0.25, -0.2) is 4.79 Å². The summed E-state index contributed by atoms with van der Waals surface area (Å²) in [4.78, 5) is 14.5. The Labute approximate surface area is 151 Å². The van der Waals surface area contributed by atoms with Gasteiger partial charge in [0.25, 0.3) is 0 Å². The molecule has 1 heterocycles. The molecule has 3 N–H and O–H groups in total. The van der Waals surface area contributed by atoms with Crippen molar-refractivity contribution < 1.29 is 9.90 Å². The molecule has 1 fully saturated rings. The Morgan fingerprint density at radius 1 is 1.24 bits per heavy atom. The molecular weight excluding hydrogens is 314 g/mol. The molecule has 0 spiro atoms. The zero-order valence-corrected chi connectivity index (χ0v) is 15.8. The molecule has 25 heavy (non-hydrogen) atoms. The van der Waals surface area contributed by atoms with E-state index in [2.05, 4.69) is 47.6 Å². The lowest BCUT2D eigenvalue weighted by Gasteiger charge is -2.35. The monoisotopic (exact) mass is 347 g/mol. The van der Waals surface area contributed by atoms with Crippen molar-refractivity contribution in [1.82, 2.24) is 15.5 Å². The number of rotatable bonds is 7. The topological polar surface area (TPSA) is 64.6 Å². The maximum Gasteiger partial charge on any atom is 0.315 e. The number of hydrogen-bond donors (Lipinski definition) is 3. The van der Waals surface area contributed by atoms with E-state index in [1.165, 1.54) is 17.5 Å². The third-order valence-electron chi connectivity index (χ3n) is 4.84. The molecule has 2 rings (SSSR count). The number of piperidine rings is 1. The van der Waals surface area contributed by atoms with Gasteiger partial charge in [0.2, 0.25) is 0 Å². The zero-order chi connectivity index (χ0) is 18.2. The lowest BCUT2D eigenvalue weighted by atomic mass is 9.91. The van der Waals surface area contributed by atoms with Crippen molar-refractivity contribution in [2.75, 3.05) is 19.7 Å². The summed E-state index contributed by atoms with van der Waals surface area (Å²) in [6, 6.07) is 8.12. The van der Waals surface area contributed by atoms with Crippen LogP contribution in [0.4, 0.5) is 4.79 Å². The Kier molecular flexibility index (Phi) is 7.72. The largest absolute Gasteiger partial charge is 0.396 e. The number of nitrogens with one attached hydrogen (secondary N) is 2. The number of aliphatic hydroxyl groups excluding tert-OH is 1. The number of likely N-dealkylation sites (tertiary alicyclic amines) is 1. The van der Waals surface area contributed by atoms with Gasteiger partial charge in [-0.1, -0.05) is 38.1 Å². The van der Waals surface area contributed by atoms with Crippen LogP contribution < -0.4 is 10.6 Å². The van der Waals surface area contributed by atoms with E-state index in [1.807, 2.05) is 13.0 Å². The molecule has 140 valence electrons. The van der Waals surface area contributed by atoms with Gasteiger partial charge < -0.3 is 15.7 Å². The third kappa shape index (κ3) is 6.67. The van der Waals surface area contributed by atoms with Gasteiger partial charge in [0.1, 0.15) is 0 Å². The van der Waals surface area contributed by atoms with E-state index >= 15 is 0 Å². The summed E-state index contributed by atoms with van der Waals surface area (Å²) in [6.07, 6.45) is 1.88. The Bertz CT molecular complexity index is 539. The molecule has 1 aromatic carbocycles. The molecule has 2 unspecified atom stereocenters. The molecule has 2 amide bonds. The van der Waals surface area contributed by atoms with E-state index in [-0.39, 0.29) is 18.7 Å². The normalized spacial score (nSPS) is 22.4. The van der Waals surface area contributed by atoms with Gasteiger partial charge in [-0.15, -0.1) is 0 Å². The van der Waals surface area contributed by atoms with Crippen LogP contribution in [0.5, 0.6) is 0 Å². The average Bonchev–Trinajstić information content (AvgIpc) is 2.53. The molecule has 1 saturated heterocycles. The third-order valence-corrected chi connectivity index (χ3v) is 4.84. The van der Waals surface area contributed by atoms with E-state index in [0.29, 0.717) is 13.0 Å². The number of carbonyl (C=O) groups excluding carboxylic acids is 1. The van der Waals surface area contributed by atoms with Crippen molar-refractivity contribution >= 4 is 6.03 Å². The van der Waals surface area contributed by atoms with Gasteiger partial charge in [0.05, 0.1) is 0 Å². The van der Waals surface area contributed by atoms with Crippen LogP contribution in [0.25, 0.3) is 0 Å². The molecule has 0 aliphatic carbocycles. The van der Waals surface area contributed by atoms with Crippen LogP contribution >= 0.6 is 0 Å². The fraction of sp³-hybridized carbons (Fsp3) is 0.650. The molecule has 1 aliphatic heterocycles. The van der Waals surface area contributed by atoms with Gasteiger partial charge in [-0.2, -0.15) is 0 Å². The van der Waals surface area contributed by atoms with Crippen molar-refractivity contribution in [3.63, 3.8) is 0 Å². The molecule has 0 bridgehead atoms. The van der Waals surface area contributed by atoms with Gasteiger partial charge in [0.15, 0.2) is 0 Å². The van der Waals surface area contributed by atoms with Gasteiger partial charge in [0, 0.05) is 38.8 Å². The first-order chi connectivity index (χ1) is 12.0. The van der Waals surface area contributed by atoms with E-state index in [1.54, 1.807) is 0 Å². The van der Waals surface area contributed by atoms with E-state index in [4.69, 9.17) is 5.11 Å². The highest BCUT2D eigenvalue weighted by Crippen LogP contribution is 2.23.